The summed E-state index contributed by atoms with van der Waals surface area (Å²) in [5, 5.41) is 23.7. The summed E-state index contributed by atoms with van der Waals surface area (Å²) in [4.78, 5) is 26.1. The third-order valence-corrected chi connectivity index (χ3v) is 11.4. The van der Waals surface area contributed by atoms with Gasteiger partial charge in [-0.25, -0.2) is 0 Å². The average Bonchev–Trinajstić information content (AvgIpc) is 3.23. The molecule has 0 fully saturated rings. The van der Waals surface area contributed by atoms with Crippen molar-refractivity contribution >= 4 is 11.9 Å². The summed E-state index contributed by atoms with van der Waals surface area (Å²) in [5.74, 6) is -0.504. The van der Waals surface area contributed by atoms with Crippen molar-refractivity contribution in [3.63, 3.8) is 0 Å². The number of allylic oxidation sites excluding steroid dienone is 8. The van der Waals surface area contributed by atoms with E-state index in [0.717, 1.165) is 89.9 Å². The van der Waals surface area contributed by atoms with Gasteiger partial charge in [-0.1, -0.05) is 204 Å². The van der Waals surface area contributed by atoms with Gasteiger partial charge in [0.25, 0.3) is 0 Å². The first-order valence-corrected chi connectivity index (χ1v) is 25.4. The molecule has 1 amide bonds. The van der Waals surface area contributed by atoms with Crippen LogP contribution >= 0.6 is 0 Å². The van der Waals surface area contributed by atoms with Gasteiger partial charge in [0.15, 0.2) is 0 Å². The molecule has 0 aliphatic heterocycles. The van der Waals surface area contributed by atoms with Crippen LogP contribution in [-0.4, -0.2) is 46.9 Å². The average molecular weight is 828 g/mol. The van der Waals surface area contributed by atoms with Gasteiger partial charge in [0.05, 0.1) is 25.2 Å². The van der Waals surface area contributed by atoms with Gasteiger partial charge in [-0.3, -0.25) is 9.59 Å². The van der Waals surface area contributed by atoms with Crippen LogP contribution < -0.4 is 5.32 Å². The van der Waals surface area contributed by atoms with Gasteiger partial charge in [0.2, 0.25) is 5.91 Å². The molecule has 3 unspecified atom stereocenters. The van der Waals surface area contributed by atoms with Crippen molar-refractivity contribution in [1.82, 2.24) is 5.32 Å². The third kappa shape index (κ3) is 42.3. The Balaban J connectivity index is 4.64. The Kier molecular flexibility index (Phi) is 45.1. The molecule has 59 heavy (non-hydrogen) atoms. The van der Waals surface area contributed by atoms with Crippen molar-refractivity contribution in [2.75, 3.05) is 6.61 Å². The van der Waals surface area contributed by atoms with Gasteiger partial charge in [0.1, 0.15) is 6.10 Å². The Morgan fingerprint density at radius 2 is 0.881 bits per heavy atom. The van der Waals surface area contributed by atoms with E-state index in [2.05, 4.69) is 74.7 Å². The second kappa shape index (κ2) is 46.9. The number of aliphatic hydroxyl groups is 2. The van der Waals surface area contributed by atoms with Crippen LogP contribution in [0.2, 0.25) is 0 Å². The molecule has 0 aromatic rings. The van der Waals surface area contributed by atoms with Crippen LogP contribution in [0.4, 0.5) is 0 Å². The Bertz CT molecular complexity index is 1020. The lowest BCUT2D eigenvalue weighted by atomic mass is 10.0. The van der Waals surface area contributed by atoms with E-state index in [1.165, 1.54) is 116 Å². The summed E-state index contributed by atoms with van der Waals surface area (Å²) in [5.41, 5.74) is 0. The van der Waals surface area contributed by atoms with Gasteiger partial charge in [-0.2, -0.15) is 0 Å². The van der Waals surface area contributed by atoms with E-state index in [1.807, 2.05) is 0 Å². The molecule has 0 saturated carbocycles. The number of amides is 1. The summed E-state index contributed by atoms with van der Waals surface area (Å²) in [6.45, 7) is 6.41. The number of hydrogen-bond acceptors (Lipinski definition) is 5. The van der Waals surface area contributed by atoms with E-state index in [-0.39, 0.29) is 24.9 Å². The standard InChI is InChI=1S/C53H97NO5/c1-4-7-10-13-16-19-22-24-25-26-27-28-30-32-35-38-41-44-49(59-53(58)46-43-40-37-34-29-21-18-15-12-9-6-3)47-52(57)54-50(48-55)51(56)45-42-39-36-33-31-23-20-17-14-11-8-5-2/h15-16,18-19,24-25,27-28,49-51,55-56H,4-14,17,20-23,26,29-48H2,1-3H3,(H,54,57)/b18-15-,19-16-,25-24-,28-27-. The number of rotatable bonds is 45. The van der Waals surface area contributed by atoms with Gasteiger partial charge < -0.3 is 20.3 Å². The molecule has 0 spiro atoms. The summed E-state index contributed by atoms with van der Waals surface area (Å²) in [6, 6.07) is -0.709. The molecule has 0 aromatic carbocycles. The zero-order valence-corrected chi connectivity index (χ0v) is 39.1. The molecule has 0 aromatic heterocycles. The molecule has 0 bridgehead atoms. The highest BCUT2D eigenvalue weighted by Gasteiger charge is 2.24. The summed E-state index contributed by atoms with van der Waals surface area (Å²) >= 11 is 0. The maximum Gasteiger partial charge on any atom is 0.306 e. The van der Waals surface area contributed by atoms with E-state index < -0.39 is 18.2 Å². The lowest BCUT2D eigenvalue weighted by molar-refractivity contribution is -0.151. The molecule has 6 nitrogen and oxygen atoms in total. The second-order valence-corrected chi connectivity index (χ2v) is 17.2. The minimum atomic E-state index is -0.794. The second-order valence-electron chi connectivity index (χ2n) is 17.2. The summed E-state index contributed by atoms with van der Waals surface area (Å²) in [6.07, 6.45) is 55.9. The van der Waals surface area contributed by atoms with E-state index in [9.17, 15) is 19.8 Å². The number of carbonyl (C=O) groups is 2. The van der Waals surface area contributed by atoms with Crippen LogP contribution in [0.15, 0.2) is 48.6 Å². The Hall–Kier alpha value is -2.18. The Morgan fingerprint density at radius 3 is 1.41 bits per heavy atom. The normalized spacial score (nSPS) is 13.6. The van der Waals surface area contributed by atoms with Crippen LogP contribution in [-0.2, 0) is 14.3 Å². The first kappa shape index (κ1) is 56.8. The Morgan fingerprint density at radius 1 is 0.492 bits per heavy atom. The van der Waals surface area contributed by atoms with Crippen LogP contribution in [0.1, 0.15) is 252 Å². The van der Waals surface area contributed by atoms with Crippen molar-refractivity contribution < 1.29 is 24.5 Å². The van der Waals surface area contributed by atoms with Crippen molar-refractivity contribution in [2.45, 2.75) is 270 Å². The molecule has 0 rings (SSSR count). The molecule has 0 aliphatic rings. The predicted molar refractivity (Wildman–Crippen MR) is 255 cm³/mol. The first-order valence-electron chi connectivity index (χ1n) is 25.4. The molecule has 3 N–H and O–H groups in total. The zero-order chi connectivity index (χ0) is 43.1. The first-order chi connectivity index (χ1) is 29.0. The smallest absolute Gasteiger partial charge is 0.306 e. The van der Waals surface area contributed by atoms with Crippen molar-refractivity contribution in [3.05, 3.63) is 48.6 Å². The van der Waals surface area contributed by atoms with Crippen LogP contribution in [0.25, 0.3) is 0 Å². The van der Waals surface area contributed by atoms with Crippen LogP contribution in [0, 0.1) is 0 Å². The molecular weight excluding hydrogens is 731 g/mol. The highest BCUT2D eigenvalue weighted by atomic mass is 16.5. The third-order valence-electron chi connectivity index (χ3n) is 11.4. The number of hydrogen-bond donors (Lipinski definition) is 3. The SMILES string of the molecule is CCCC/C=C\CCCCCCCC(=O)OC(CCCCCC/C=C\C/C=C\C/C=C\CCCCC)CC(=O)NC(CO)C(O)CCCCCCCCCCCCCC. The molecular formula is C53H97NO5. The highest BCUT2D eigenvalue weighted by molar-refractivity contribution is 5.77. The monoisotopic (exact) mass is 828 g/mol. The number of unbranched alkanes of at least 4 members (excludes halogenated alkanes) is 25. The number of ether oxygens (including phenoxy) is 1. The number of carbonyl (C=O) groups excluding carboxylic acids is 2. The summed E-state index contributed by atoms with van der Waals surface area (Å²) < 4.78 is 5.91. The van der Waals surface area contributed by atoms with Crippen molar-refractivity contribution in [2.24, 2.45) is 0 Å². The Labute approximate surface area is 366 Å². The van der Waals surface area contributed by atoms with Crippen molar-refractivity contribution in [3.8, 4) is 0 Å². The molecule has 344 valence electrons. The zero-order valence-electron chi connectivity index (χ0n) is 39.1. The minimum Gasteiger partial charge on any atom is -0.462 e. The molecule has 6 heteroatoms. The number of nitrogens with one attached hydrogen (secondary N) is 1. The largest absolute Gasteiger partial charge is 0.462 e. The quantitative estimate of drug-likeness (QED) is 0.0323. The van der Waals surface area contributed by atoms with Gasteiger partial charge in [-0.05, 0) is 83.5 Å². The van der Waals surface area contributed by atoms with Crippen LogP contribution in [0.5, 0.6) is 0 Å². The fourth-order valence-corrected chi connectivity index (χ4v) is 7.48. The van der Waals surface area contributed by atoms with Crippen LogP contribution in [0.3, 0.4) is 0 Å². The maximum absolute atomic E-state index is 13.2. The maximum atomic E-state index is 13.2. The fraction of sp³-hybridized carbons (Fsp3) is 0.811. The minimum absolute atomic E-state index is 0.0598. The lowest BCUT2D eigenvalue weighted by Gasteiger charge is -2.24. The predicted octanol–water partition coefficient (Wildman–Crippen LogP) is 15.1. The highest BCUT2D eigenvalue weighted by Crippen LogP contribution is 2.17. The van der Waals surface area contributed by atoms with Gasteiger partial charge in [-0.15, -0.1) is 0 Å². The van der Waals surface area contributed by atoms with E-state index in [0.29, 0.717) is 19.3 Å². The summed E-state index contributed by atoms with van der Waals surface area (Å²) in [7, 11) is 0. The number of aliphatic hydroxyl groups excluding tert-OH is 2. The van der Waals surface area contributed by atoms with E-state index >= 15 is 0 Å². The van der Waals surface area contributed by atoms with Gasteiger partial charge >= 0.3 is 5.97 Å². The number of esters is 1. The van der Waals surface area contributed by atoms with E-state index in [1.54, 1.807) is 0 Å². The molecule has 0 aliphatic carbocycles. The lowest BCUT2D eigenvalue weighted by Crippen LogP contribution is -2.46. The van der Waals surface area contributed by atoms with Gasteiger partial charge in [0, 0.05) is 6.42 Å². The fourth-order valence-electron chi connectivity index (χ4n) is 7.48. The molecule has 0 heterocycles. The molecule has 0 radical (unpaired) electrons. The molecule has 0 saturated heterocycles. The van der Waals surface area contributed by atoms with Crippen molar-refractivity contribution in [1.29, 1.82) is 0 Å². The van der Waals surface area contributed by atoms with E-state index in [4.69, 9.17) is 4.74 Å². The topological polar surface area (TPSA) is 95.9 Å². The molecule has 3 atom stereocenters.